The molecule has 3 nitrogen and oxygen atoms in total. The predicted octanol–water partition coefficient (Wildman–Crippen LogP) is 5.73. The molecule has 0 N–H and O–H groups in total. The Hall–Kier alpha value is 0.220. The normalized spacial score (nSPS) is 13.2. The molecule has 0 saturated carbocycles. The van der Waals surface area contributed by atoms with E-state index < -0.39 is 9.05 Å². The van der Waals surface area contributed by atoms with Crippen molar-refractivity contribution >= 4 is 51.6 Å². The van der Waals surface area contributed by atoms with Gasteiger partial charge in [0.05, 0.1) is 20.4 Å². The van der Waals surface area contributed by atoms with Crippen LogP contribution < -0.4 is 4.74 Å². The molecule has 0 heterocycles. The lowest BCUT2D eigenvalue weighted by atomic mass is 10.0. The first-order chi connectivity index (χ1) is 9.79. The maximum absolute atomic E-state index is 11.4. The van der Waals surface area contributed by atoms with Crippen LogP contribution in [0.25, 0.3) is 0 Å². The van der Waals surface area contributed by atoms with Gasteiger partial charge >= 0.3 is 0 Å². The lowest BCUT2D eigenvalue weighted by Gasteiger charge is -2.17. The van der Waals surface area contributed by atoms with E-state index in [2.05, 4.69) is 45.7 Å². The monoisotopic (exact) mass is 460 g/mol. The molecule has 0 aromatic heterocycles. The number of hydrogen-bond donors (Lipinski definition) is 0. The topological polar surface area (TPSA) is 43.4 Å². The number of halogens is 3. The first-order valence-corrected chi connectivity index (χ1v) is 10.8. The third kappa shape index (κ3) is 6.08. The second-order valence-corrected chi connectivity index (χ2v) is 9.16. The Kier molecular flexibility index (Phi) is 8.03. The maximum atomic E-state index is 11.4. The average Bonchev–Trinajstić information content (AvgIpc) is 2.40. The minimum absolute atomic E-state index is 0.0355. The van der Waals surface area contributed by atoms with Gasteiger partial charge < -0.3 is 4.74 Å². The number of benzene rings is 1. The quantitative estimate of drug-likeness (QED) is 0.463. The van der Waals surface area contributed by atoms with Crippen LogP contribution in [0.1, 0.15) is 39.5 Å². The van der Waals surface area contributed by atoms with E-state index in [1.54, 1.807) is 0 Å². The van der Waals surface area contributed by atoms with Crippen LogP contribution in [0.2, 0.25) is 0 Å². The summed E-state index contributed by atoms with van der Waals surface area (Å²) >= 11 is 6.67. The second-order valence-electron chi connectivity index (χ2n) is 4.88. The van der Waals surface area contributed by atoms with Gasteiger partial charge in [0.15, 0.2) is 0 Å². The highest BCUT2D eigenvalue weighted by molar-refractivity contribution is 9.11. The molecule has 21 heavy (non-hydrogen) atoms. The van der Waals surface area contributed by atoms with E-state index in [1.807, 2.05) is 0 Å². The van der Waals surface area contributed by atoms with Crippen molar-refractivity contribution < 1.29 is 13.2 Å². The summed E-state index contributed by atoms with van der Waals surface area (Å²) in [4.78, 5) is 0.0355. The Labute approximate surface area is 148 Å². The van der Waals surface area contributed by atoms with Crippen LogP contribution in [0.4, 0.5) is 0 Å². The molecule has 0 radical (unpaired) electrons. The van der Waals surface area contributed by atoms with Crippen LogP contribution in [0.3, 0.4) is 0 Å². The maximum Gasteiger partial charge on any atom is 0.261 e. The van der Waals surface area contributed by atoms with Crippen molar-refractivity contribution in [1.29, 1.82) is 0 Å². The number of rotatable bonds is 8. The molecule has 7 heteroatoms. The summed E-state index contributed by atoms with van der Waals surface area (Å²) in [5.74, 6) is 1.11. The molecule has 0 aliphatic carbocycles. The lowest BCUT2D eigenvalue weighted by Crippen LogP contribution is -2.12. The third-order valence-corrected chi connectivity index (χ3v) is 5.77. The SMILES string of the molecule is CCCCC(CC)COc1c(Br)cc(S(=O)(=O)Cl)cc1Br. The van der Waals surface area contributed by atoms with Crippen LogP contribution >= 0.6 is 42.5 Å². The van der Waals surface area contributed by atoms with Gasteiger partial charge in [0.1, 0.15) is 5.75 Å². The van der Waals surface area contributed by atoms with Crippen molar-refractivity contribution in [2.24, 2.45) is 5.92 Å². The smallest absolute Gasteiger partial charge is 0.261 e. The van der Waals surface area contributed by atoms with E-state index in [0.29, 0.717) is 27.2 Å². The molecular formula is C14H19Br2ClO3S. The zero-order valence-electron chi connectivity index (χ0n) is 12.0. The first-order valence-electron chi connectivity index (χ1n) is 6.86. The van der Waals surface area contributed by atoms with Crippen LogP contribution in [-0.2, 0) is 9.05 Å². The standard InChI is InChI=1S/C14H19Br2ClO3S/c1-3-5-6-10(4-2)9-20-14-12(15)7-11(8-13(14)16)21(17,18)19/h7-8,10H,3-6,9H2,1-2H3. The molecule has 1 rings (SSSR count). The molecule has 0 aliphatic heterocycles. The Morgan fingerprint density at radius 2 is 1.81 bits per heavy atom. The number of hydrogen-bond acceptors (Lipinski definition) is 3. The summed E-state index contributed by atoms with van der Waals surface area (Å²) in [5, 5.41) is 0. The van der Waals surface area contributed by atoms with Gasteiger partial charge in [-0.3, -0.25) is 0 Å². The molecule has 1 aromatic rings. The van der Waals surface area contributed by atoms with Crippen molar-refractivity contribution in [2.75, 3.05) is 6.61 Å². The summed E-state index contributed by atoms with van der Waals surface area (Å²) in [6, 6.07) is 2.91. The zero-order valence-corrected chi connectivity index (χ0v) is 16.8. The molecule has 0 spiro atoms. The fourth-order valence-electron chi connectivity index (χ4n) is 1.91. The van der Waals surface area contributed by atoms with Gasteiger partial charge in [-0.05, 0) is 56.3 Å². The summed E-state index contributed by atoms with van der Waals surface area (Å²) in [7, 11) is 1.60. The number of unbranched alkanes of at least 4 members (excludes halogenated alkanes) is 1. The van der Waals surface area contributed by atoms with Gasteiger partial charge in [-0.1, -0.05) is 33.1 Å². The van der Waals surface area contributed by atoms with Crippen molar-refractivity contribution in [2.45, 2.75) is 44.4 Å². The lowest BCUT2D eigenvalue weighted by molar-refractivity contribution is 0.231. The van der Waals surface area contributed by atoms with Crippen molar-refractivity contribution in [3.8, 4) is 5.75 Å². The summed E-state index contributed by atoms with van der Waals surface area (Å²) < 4.78 is 29.7. The van der Waals surface area contributed by atoms with Crippen LogP contribution in [0.15, 0.2) is 26.0 Å². The van der Waals surface area contributed by atoms with Gasteiger partial charge in [0, 0.05) is 10.7 Å². The molecule has 120 valence electrons. The van der Waals surface area contributed by atoms with Crippen LogP contribution in [-0.4, -0.2) is 15.0 Å². The third-order valence-electron chi connectivity index (χ3n) is 3.26. The highest BCUT2D eigenvalue weighted by Gasteiger charge is 2.17. The molecular weight excluding hydrogens is 443 g/mol. The Morgan fingerprint density at radius 3 is 2.24 bits per heavy atom. The summed E-state index contributed by atoms with van der Waals surface area (Å²) in [6.07, 6.45) is 4.56. The molecule has 0 aliphatic rings. The Balaban J connectivity index is 2.85. The molecule has 0 fully saturated rings. The first kappa shape index (κ1) is 19.3. The largest absolute Gasteiger partial charge is 0.491 e. The van der Waals surface area contributed by atoms with Gasteiger partial charge in [0.2, 0.25) is 0 Å². The summed E-state index contributed by atoms with van der Waals surface area (Å²) in [6.45, 7) is 4.93. The molecule has 1 aromatic carbocycles. The van der Waals surface area contributed by atoms with Crippen LogP contribution in [0, 0.1) is 5.92 Å². The van der Waals surface area contributed by atoms with E-state index in [-0.39, 0.29) is 4.90 Å². The van der Waals surface area contributed by atoms with Crippen molar-refractivity contribution in [3.05, 3.63) is 21.1 Å². The fraction of sp³-hybridized carbons (Fsp3) is 0.571. The highest BCUT2D eigenvalue weighted by atomic mass is 79.9. The van der Waals surface area contributed by atoms with Gasteiger partial charge in [0.25, 0.3) is 9.05 Å². The van der Waals surface area contributed by atoms with Crippen molar-refractivity contribution in [1.82, 2.24) is 0 Å². The molecule has 1 atom stereocenters. The fourth-order valence-corrected chi connectivity index (χ4v) is 4.42. The molecule has 0 saturated heterocycles. The Bertz CT molecular complexity index is 553. The minimum Gasteiger partial charge on any atom is -0.491 e. The average molecular weight is 463 g/mol. The van der Waals surface area contributed by atoms with E-state index in [9.17, 15) is 8.42 Å². The van der Waals surface area contributed by atoms with Gasteiger partial charge in [-0.25, -0.2) is 8.42 Å². The van der Waals surface area contributed by atoms with E-state index in [1.165, 1.54) is 25.0 Å². The van der Waals surface area contributed by atoms with E-state index in [4.69, 9.17) is 15.4 Å². The zero-order chi connectivity index (χ0) is 16.0. The summed E-state index contributed by atoms with van der Waals surface area (Å²) in [5.41, 5.74) is 0. The van der Waals surface area contributed by atoms with Crippen molar-refractivity contribution in [3.63, 3.8) is 0 Å². The minimum atomic E-state index is -3.76. The van der Waals surface area contributed by atoms with Gasteiger partial charge in [-0.2, -0.15) is 0 Å². The molecule has 0 amide bonds. The number of ether oxygens (including phenoxy) is 1. The molecule has 1 unspecified atom stereocenters. The second kappa shape index (κ2) is 8.75. The van der Waals surface area contributed by atoms with E-state index >= 15 is 0 Å². The molecule has 0 bridgehead atoms. The Morgan fingerprint density at radius 1 is 1.24 bits per heavy atom. The predicted molar refractivity (Wildman–Crippen MR) is 93.7 cm³/mol. The van der Waals surface area contributed by atoms with Gasteiger partial charge in [-0.15, -0.1) is 0 Å². The van der Waals surface area contributed by atoms with E-state index in [0.717, 1.165) is 12.8 Å². The highest BCUT2D eigenvalue weighted by Crippen LogP contribution is 2.37. The van der Waals surface area contributed by atoms with Crippen LogP contribution in [0.5, 0.6) is 5.75 Å².